The van der Waals surface area contributed by atoms with Gasteiger partial charge >= 0.3 is 0 Å². The summed E-state index contributed by atoms with van der Waals surface area (Å²) >= 11 is 0. The Balaban J connectivity index is 1.13. The fourth-order valence-corrected chi connectivity index (χ4v) is 9.96. The number of fused-ring (bicyclic) bond motifs is 14. The Bertz CT molecular complexity index is 3230. The monoisotopic (exact) mass is 751 g/mol. The molecule has 0 N–H and O–H groups in total. The molecule has 2 aliphatic rings. The Labute approximate surface area is 343 Å². The van der Waals surface area contributed by atoms with Crippen LogP contribution in [0, 0.1) is 13.8 Å². The SMILES string of the molecule is Cc1ccc(-c2cc(-c3ccc(C)cc3)nc(-c3cccc(-c4nc5ccccc5c5ccc6c(c45)-c4ccccc4C64c5ccccc5-c5ccccc54)c3)n2)cc1. The van der Waals surface area contributed by atoms with Gasteiger partial charge in [0.2, 0.25) is 0 Å². The normalized spacial score (nSPS) is 13.1. The Morgan fingerprint density at radius 2 is 0.915 bits per heavy atom. The van der Waals surface area contributed by atoms with E-state index in [4.69, 9.17) is 15.0 Å². The summed E-state index contributed by atoms with van der Waals surface area (Å²) in [5, 5.41) is 3.51. The number of nitrogens with zero attached hydrogens (tertiary/aromatic N) is 3. The standard InChI is InChI=1S/C56H37N3/c1-34-22-26-36(27-23-34)50-33-51(37-28-24-35(2)25-29-37)59-55(58-50)39-13-11-12-38(32-39)54-53-43(42-16-6-10-21-49(42)57-54)30-31-48-52(53)44-17-5-9-20-47(44)56(48)45-18-7-3-14-40(45)41-15-4-8-19-46(41)56/h3-33H,1-2H3. The van der Waals surface area contributed by atoms with Crippen LogP contribution in [0.25, 0.3) is 89.1 Å². The van der Waals surface area contributed by atoms with Crippen LogP contribution >= 0.6 is 0 Å². The average molecular weight is 752 g/mol. The van der Waals surface area contributed by atoms with E-state index in [0.717, 1.165) is 50.2 Å². The van der Waals surface area contributed by atoms with Crippen LogP contribution in [0.1, 0.15) is 33.4 Å². The maximum absolute atomic E-state index is 5.57. The summed E-state index contributed by atoms with van der Waals surface area (Å²) in [6, 6.07) is 68.3. The lowest BCUT2D eigenvalue weighted by Gasteiger charge is -2.30. The second-order valence-electron chi connectivity index (χ2n) is 16.0. The van der Waals surface area contributed by atoms with E-state index < -0.39 is 5.41 Å². The molecule has 3 heteroatoms. The summed E-state index contributed by atoms with van der Waals surface area (Å²) in [5.41, 5.74) is 20.2. The molecular formula is C56H37N3. The van der Waals surface area contributed by atoms with E-state index in [2.05, 4.69) is 202 Å². The van der Waals surface area contributed by atoms with E-state index in [9.17, 15) is 0 Å². The van der Waals surface area contributed by atoms with E-state index in [0.29, 0.717) is 5.82 Å². The van der Waals surface area contributed by atoms with Crippen LogP contribution in [-0.4, -0.2) is 15.0 Å². The smallest absolute Gasteiger partial charge is 0.160 e. The highest BCUT2D eigenvalue weighted by Gasteiger charge is 2.52. The van der Waals surface area contributed by atoms with Gasteiger partial charge in [0, 0.05) is 33.0 Å². The van der Waals surface area contributed by atoms with Crippen molar-refractivity contribution in [3.63, 3.8) is 0 Å². The Morgan fingerprint density at radius 3 is 1.56 bits per heavy atom. The molecule has 0 fully saturated rings. The predicted octanol–water partition coefficient (Wildman–Crippen LogP) is 13.8. The molecule has 59 heavy (non-hydrogen) atoms. The van der Waals surface area contributed by atoms with Gasteiger partial charge in [-0.2, -0.15) is 0 Å². The molecule has 0 saturated heterocycles. The summed E-state index contributed by atoms with van der Waals surface area (Å²) in [6.07, 6.45) is 0. The van der Waals surface area contributed by atoms with Gasteiger partial charge < -0.3 is 0 Å². The molecule has 0 unspecified atom stereocenters. The second kappa shape index (κ2) is 12.8. The van der Waals surface area contributed by atoms with Gasteiger partial charge in [0.25, 0.3) is 0 Å². The zero-order valence-corrected chi connectivity index (χ0v) is 32.7. The van der Waals surface area contributed by atoms with Crippen LogP contribution in [0.4, 0.5) is 0 Å². The topological polar surface area (TPSA) is 38.7 Å². The van der Waals surface area contributed by atoms with Crippen molar-refractivity contribution in [2.24, 2.45) is 0 Å². The third-order valence-corrected chi connectivity index (χ3v) is 12.6. The molecule has 2 aromatic heterocycles. The van der Waals surface area contributed by atoms with Gasteiger partial charge in [-0.05, 0) is 81.9 Å². The molecule has 2 heterocycles. The molecule has 2 aliphatic carbocycles. The molecule has 0 bridgehead atoms. The summed E-state index contributed by atoms with van der Waals surface area (Å²) in [6.45, 7) is 4.23. The number of aromatic nitrogens is 3. The fraction of sp³-hybridized carbons (Fsp3) is 0.0536. The van der Waals surface area contributed by atoms with Crippen molar-refractivity contribution in [2.45, 2.75) is 19.3 Å². The molecule has 0 radical (unpaired) electrons. The maximum Gasteiger partial charge on any atom is 0.160 e. The van der Waals surface area contributed by atoms with Crippen molar-refractivity contribution >= 4 is 21.7 Å². The lowest BCUT2D eigenvalue weighted by Crippen LogP contribution is -2.25. The Kier molecular flexibility index (Phi) is 7.27. The fourth-order valence-electron chi connectivity index (χ4n) is 9.96. The van der Waals surface area contributed by atoms with Crippen LogP contribution in [0.3, 0.4) is 0 Å². The van der Waals surface area contributed by atoms with Gasteiger partial charge in [0.15, 0.2) is 5.82 Å². The minimum absolute atomic E-state index is 0.450. The molecule has 0 atom stereocenters. The first kappa shape index (κ1) is 33.6. The van der Waals surface area contributed by atoms with Crippen molar-refractivity contribution in [3.05, 3.63) is 221 Å². The highest BCUT2D eigenvalue weighted by Crippen LogP contribution is 2.64. The number of benzene rings is 8. The van der Waals surface area contributed by atoms with Crippen LogP contribution in [0.2, 0.25) is 0 Å². The summed E-state index contributed by atoms with van der Waals surface area (Å²) in [4.78, 5) is 16.0. The molecule has 8 aromatic carbocycles. The first-order valence-electron chi connectivity index (χ1n) is 20.4. The van der Waals surface area contributed by atoms with Crippen LogP contribution in [-0.2, 0) is 5.41 Å². The second-order valence-corrected chi connectivity index (χ2v) is 16.0. The number of para-hydroxylation sites is 1. The van der Waals surface area contributed by atoms with Crippen molar-refractivity contribution in [3.8, 4) is 67.4 Å². The molecule has 10 aromatic rings. The van der Waals surface area contributed by atoms with Crippen LogP contribution in [0.15, 0.2) is 188 Å². The van der Waals surface area contributed by atoms with Crippen molar-refractivity contribution < 1.29 is 0 Å². The lowest BCUT2D eigenvalue weighted by molar-refractivity contribution is 0.794. The molecule has 0 aliphatic heterocycles. The zero-order chi connectivity index (χ0) is 39.2. The number of rotatable bonds is 4. The van der Waals surface area contributed by atoms with E-state index in [-0.39, 0.29) is 0 Å². The number of hydrogen-bond donors (Lipinski definition) is 0. The number of hydrogen-bond acceptors (Lipinski definition) is 3. The average Bonchev–Trinajstić information content (AvgIpc) is 3.77. The lowest BCUT2D eigenvalue weighted by atomic mass is 9.70. The summed E-state index contributed by atoms with van der Waals surface area (Å²) < 4.78 is 0. The molecule has 12 rings (SSSR count). The number of aryl methyl sites for hydroxylation is 2. The highest BCUT2D eigenvalue weighted by molar-refractivity contribution is 6.19. The summed E-state index contributed by atoms with van der Waals surface area (Å²) in [5.74, 6) is 0.680. The van der Waals surface area contributed by atoms with Gasteiger partial charge in [-0.3, -0.25) is 0 Å². The van der Waals surface area contributed by atoms with Gasteiger partial charge in [0.05, 0.1) is 28.0 Å². The Hall–Kier alpha value is -7.49. The third-order valence-electron chi connectivity index (χ3n) is 12.6. The number of pyridine rings is 1. The van der Waals surface area contributed by atoms with Gasteiger partial charge in [-0.15, -0.1) is 0 Å². The van der Waals surface area contributed by atoms with Crippen LogP contribution in [0.5, 0.6) is 0 Å². The predicted molar refractivity (Wildman–Crippen MR) is 242 cm³/mol. The molecule has 0 saturated carbocycles. The zero-order valence-electron chi connectivity index (χ0n) is 32.7. The molecule has 3 nitrogen and oxygen atoms in total. The van der Waals surface area contributed by atoms with Gasteiger partial charge in [-0.1, -0.05) is 181 Å². The Morgan fingerprint density at radius 1 is 0.373 bits per heavy atom. The van der Waals surface area contributed by atoms with Crippen molar-refractivity contribution in [2.75, 3.05) is 0 Å². The highest BCUT2D eigenvalue weighted by atomic mass is 14.9. The first-order chi connectivity index (χ1) is 29.1. The van der Waals surface area contributed by atoms with E-state index >= 15 is 0 Å². The van der Waals surface area contributed by atoms with E-state index in [1.807, 2.05) is 0 Å². The van der Waals surface area contributed by atoms with E-state index in [1.165, 1.54) is 66.4 Å². The maximum atomic E-state index is 5.57. The van der Waals surface area contributed by atoms with Crippen molar-refractivity contribution in [1.82, 2.24) is 15.0 Å². The molecule has 1 spiro atoms. The quantitative estimate of drug-likeness (QED) is 0.168. The van der Waals surface area contributed by atoms with Crippen molar-refractivity contribution in [1.29, 1.82) is 0 Å². The first-order valence-corrected chi connectivity index (χ1v) is 20.4. The van der Waals surface area contributed by atoms with E-state index in [1.54, 1.807) is 0 Å². The molecule has 0 amide bonds. The summed E-state index contributed by atoms with van der Waals surface area (Å²) in [7, 11) is 0. The minimum Gasteiger partial charge on any atom is -0.247 e. The largest absolute Gasteiger partial charge is 0.247 e. The molecule has 276 valence electrons. The van der Waals surface area contributed by atoms with Gasteiger partial charge in [-0.25, -0.2) is 15.0 Å². The minimum atomic E-state index is -0.450. The third kappa shape index (κ3) is 4.91. The van der Waals surface area contributed by atoms with Gasteiger partial charge in [0.1, 0.15) is 0 Å². The molecular weight excluding hydrogens is 715 g/mol. The van der Waals surface area contributed by atoms with Crippen LogP contribution < -0.4 is 0 Å².